The van der Waals surface area contributed by atoms with Gasteiger partial charge in [0.25, 0.3) is 0 Å². The molecule has 0 aliphatic carbocycles. The maximum atomic E-state index is 5.89. The fourth-order valence-electron chi connectivity index (χ4n) is 1.79. The average molecular weight is 212 g/mol. The molecule has 2 unspecified atom stereocenters. The smallest absolute Gasteiger partial charge is 0.188 e. The minimum atomic E-state index is -0.422. The number of rotatable bonds is 7. The van der Waals surface area contributed by atoms with Crippen LogP contribution in [0.1, 0.15) is 52.9 Å². The number of ether oxygens (including phenoxy) is 2. The molecule has 0 saturated heterocycles. The van der Waals surface area contributed by atoms with Gasteiger partial charge < -0.3 is 9.47 Å². The van der Waals surface area contributed by atoms with Gasteiger partial charge in [-0.15, -0.1) is 0 Å². The van der Waals surface area contributed by atoms with Crippen LogP contribution in [-0.4, -0.2) is 18.5 Å². The predicted molar refractivity (Wildman–Crippen MR) is 62.8 cm³/mol. The Morgan fingerprint density at radius 1 is 1.27 bits per heavy atom. The van der Waals surface area contributed by atoms with E-state index in [2.05, 4.69) is 32.9 Å². The van der Waals surface area contributed by atoms with Crippen molar-refractivity contribution in [2.45, 2.75) is 64.8 Å². The van der Waals surface area contributed by atoms with Crippen molar-refractivity contribution in [1.82, 2.24) is 0 Å². The molecule has 1 heterocycles. The average Bonchev–Trinajstić information content (AvgIpc) is 2.69. The standard InChI is InChI=1S/C13H24O2/c1-4-7-8-11-14-13(6-3)10-9-12(5-2)15-13/h9-10,12H,4-8,11H2,1-3H3. The first-order valence-corrected chi connectivity index (χ1v) is 6.27. The van der Waals surface area contributed by atoms with Gasteiger partial charge in [0.2, 0.25) is 0 Å². The molecule has 0 fully saturated rings. The van der Waals surface area contributed by atoms with Gasteiger partial charge in [-0.1, -0.05) is 39.7 Å². The van der Waals surface area contributed by atoms with Crippen molar-refractivity contribution in [3.63, 3.8) is 0 Å². The van der Waals surface area contributed by atoms with E-state index in [1.807, 2.05) is 0 Å². The fraction of sp³-hybridized carbons (Fsp3) is 0.846. The van der Waals surface area contributed by atoms with Gasteiger partial charge in [-0.25, -0.2) is 0 Å². The van der Waals surface area contributed by atoms with E-state index in [0.717, 1.165) is 25.9 Å². The summed E-state index contributed by atoms with van der Waals surface area (Å²) < 4.78 is 11.8. The van der Waals surface area contributed by atoms with Crippen LogP contribution < -0.4 is 0 Å². The van der Waals surface area contributed by atoms with Crippen molar-refractivity contribution in [3.05, 3.63) is 12.2 Å². The highest BCUT2D eigenvalue weighted by Crippen LogP contribution is 2.29. The summed E-state index contributed by atoms with van der Waals surface area (Å²) in [5.74, 6) is -0.422. The number of unbranched alkanes of at least 4 members (excludes halogenated alkanes) is 2. The maximum absolute atomic E-state index is 5.89. The zero-order valence-electron chi connectivity index (χ0n) is 10.3. The van der Waals surface area contributed by atoms with Crippen LogP contribution in [0.4, 0.5) is 0 Å². The van der Waals surface area contributed by atoms with E-state index >= 15 is 0 Å². The van der Waals surface area contributed by atoms with E-state index in [9.17, 15) is 0 Å². The van der Waals surface area contributed by atoms with Crippen LogP contribution in [0.25, 0.3) is 0 Å². The second-order valence-electron chi connectivity index (χ2n) is 4.14. The van der Waals surface area contributed by atoms with Crippen molar-refractivity contribution in [2.75, 3.05) is 6.61 Å². The first-order chi connectivity index (χ1) is 7.26. The van der Waals surface area contributed by atoms with E-state index in [1.54, 1.807) is 0 Å². The SMILES string of the molecule is CCCCCOC1(CC)C=CC(CC)O1. The summed E-state index contributed by atoms with van der Waals surface area (Å²) in [5.41, 5.74) is 0. The van der Waals surface area contributed by atoms with E-state index in [-0.39, 0.29) is 6.10 Å². The van der Waals surface area contributed by atoms with Gasteiger partial charge in [-0.2, -0.15) is 0 Å². The Balaban J connectivity index is 2.32. The van der Waals surface area contributed by atoms with Gasteiger partial charge in [-0.3, -0.25) is 0 Å². The Kier molecular flexibility index (Phi) is 5.34. The normalized spacial score (nSPS) is 29.9. The highest BCUT2D eigenvalue weighted by Gasteiger charge is 2.33. The highest BCUT2D eigenvalue weighted by atomic mass is 16.7. The Hall–Kier alpha value is -0.340. The third kappa shape index (κ3) is 3.62. The van der Waals surface area contributed by atoms with E-state index < -0.39 is 5.79 Å². The number of hydrogen-bond acceptors (Lipinski definition) is 2. The van der Waals surface area contributed by atoms with Gasteiger partial charge in [-0.05, 0) is 18.9 Å². The topological polar surface area (TPSA) is 18.5 Å². The zero-order valence-corrected chi connectivity index (χ0v) is 10.3. The molecule has 1 aliphatic heterocycles. The molecule has 1 aliphatic rings. The summed E-state index contributed by atoms with van der Waals surface area (Å²) in [4.78, 5) is 0. The van der Waals surface area contributed by atoms with Crippen molar-refractivity contribution in [2.24, 2.45) is 0 Å². The molecule has 0 bridgehead atoms. The Morgan fingerprint density at radius 2 is 2.07 bits per heavy atom. The molecule has 2 heteroatoms. The molecule has 0 spiro atoms. The lowest BCUT2D eigenvalue weighted by Crippen LogP contribution is -2.32. The van der Waals surface area contributed by atoms with Crippen molar-refractivity contribution < 1.29 is 9.47 Å². The minimum Gasteiger partial charge on any atom is -0.346 e. The van der Waals surface area contributed by atoms with Gasteiger partial charge in [0.15, 0.2) is 5.79 Å². The summed E-state index contributed by atoms with van der Waals surface area (Å²) in [6, 6.07) is 0. The van der Waals surface area contributed by atoms with Gasteiger partial charge >= 0.3 is 0 Å². The molecule has 0 aromatic heterocycles. The molecule has 15 heavy (non-hydrogen) atoms. The van der Waals surface area contributed by atoms with Crippen molar-refractivity contribution in [1.29, 1.82) is 0 Å². The van der Waals surface area contributed by atoms with Crippen LogP contribution in [0, 0.1) is 0 Å². The minimum absolute atomic E-state index is 0.246. The Bertz CT molecular complexity index is 201. The first kappa shape index (κ1) is 12.7. The fourth-order valence-corrected chi connectivity index (χ4v) is 1.79. The molecular weight excluding hydrogens is 188 g/mol. The molecule has 0 saturated carbocycles. The monoisotopic (exact) mass is 212 g/mol. The summed E-state index contributed by atoms with van der Waals surface area (Å²) in [7, 11) is 0. The van der Waals surface area contributed by atoms with Crippen LogP contribution in [0.5, 0.6) is 0 Å². The summed E-state index contributed by atoms with van der Waals surface area (Å²) in [5, 5.41) is 0. The van der Waals surface area contributed by atoms with Crippen LogP contribution in [0.15, 0.2) is 12.2 Å². The largest absolute Gasteiger partial charge is 0.346 e. The van der Waals surface area contributed by atoms with Gasteiger partial charge in [0.1, 0.15) is 0 Å². The first-order valence-electron chi connectivity index (χ1n) is 6.27. The molecule has 0 amide bonds. The molecule has 2 atom stereocenters. The lowest BCUT2D eigenvalue weighted by atomic mass is 10.2. The van der Waals surface area contributed by atoms with E-state index in [0.29, 0.717) is 0 Å². The summed E-state index contributed by atoms with van der Waals surface area (Å²) in [6.07, 6.45) is 9.99. The van der Waals surface area contributed by atoms with Crippen LogP contribution in [-0.2, 0) is 9.47 Å². The van der Waals surface area contributed by atoms with E-state index in [4.69, 9.17) is 9.47 Å². The molecule has 2 nitrogen and oxygen atoms in total. The molecule has 0 radical (unpaired) electrons. The van der Waals surface area contributed by atoms with E-state index in [1.165, 1.54) is 12.8 Å². The second-order valence-corrected chi connectivity index (χ2v) is 4.14. The number of hydrogen-bond donors (Lipinski definition) is 0. The third-order valence-electron chi connectivity index (χ3n) is 2.91. The Morgan fingerprint density at radius 3 is 2.60 bits per heavy atom. The second kappa shape index (κ2) is 6.29. The molecule has 1 rings (SSSR count). The third-order valence-corrected chi connectivity index (χ3v) is 2.91. The Labute approximate surface area is 93.7 Å². The molecule has 0 aromatic rings. The molecular formula is C13H24O2. The predicted octanol–water partition coefficient (Wildman–Crippen LogP) is 3.66. The van der Waals surface area contributed by atoms with Gasteiger partial charge in [0.05, 0.1) is 12.7 Å². The molecule has 88 valence electrons. The van der Waals surface area contributed by atoms with Crippen LogP contribution in [0.3, 0.4) is 0 Å². The molecule has 0 N–H and O–H groups in total. The molecule has 0 aromatic carbocycles. The maximum Gasteiger partial charge on any atom is 0.188 e. The highest BCUT2D eigenvalue weighted by molar-refractivity contribution is 5.06. The summed E-state index contributed by atoms with van der Waals surface area (Å²) >= 11 is 0. The lowest BCUT2D eigenvalue weighted by molar-refractivity contribution is -0.209. The van der Waals surface area contributed by atoms with Crippen LogP contribution >= 0.6 is 0 Å². The van der Waals surface area contributed by atoms with Crippen LogP contribution in [0.2, 0.25) is 0 Å². The van der Waals surface area contributed by atoms with Crippen molar-refractivity contribution >= 4 is 0 Å². The van der Waals surface area contributed by atoms with Gasteiger partial charge in [0, 0.05) is 6.42 Å². The van der Waals surface area contributed by atoms with Crippen molar-refractivity contribution in [3.8, 4) is 0 Å². The quantitative estimate of drug-likeness (QED) is 0.473. The lowest BCUT2D eigenvalue weighted by Gasteiger charge is -2.27. The summed E-state index contributed by atoms with van der Waals surface area (Å²) in [6.45, 7) is 7.26. The zero-order chi connectivity index (χ0) is 11.1.